The summed E-state index contributed by atoms with van der Waals surface area (Å²) >= 11 is 0. The first-order valence-electron chi connectivity index (χ1n) is 7.25. The van der Waals surface area contributed by atoms with Crippen molar-refractivity contribution in [2.24, 2.45) is 0 Å². The summed E-state index contributed by atoms with van der Waals surface area (Å²) in [5, 5.41) is 0. The molecule has 1 aromatic rings. The van der Waals surface area contributed by atoms with Gasteiger partial charge in [0.15, 0.2) is 6.10 Å². The van der Waals surface area contributed by atoms with Crippen LogP contribution in [0.25, 0.3) is 0 Å². The quantitative estimate of drug-likeness (QED) is 0.846. The van der Waals surface area contributed by atoms with Crippen molar-refractivity contribution >= 4 is 11.8 Å². The fraction of sp³-hybridized carbons (Fsp3) is 0.500. The second-order valence-corrected chi connectivity index (χ2v) is 5.21. The minimum absolute atomic E-state index is 0.0332. The molecule has 0 saturated carbocycles. The van der Waals surface area contributed by atoms with Gasteiger partial charge in [-0.2, -0.15) is 0 Å². The van der Waals surface area contributed by atoms with Crippen molar-refractivity contribution in [3.05, 3.63) is 35.9 Å². The Morgan fingerprint density at radius 3 is 2.29 bits per heavy atom. The van der Waals surface area contributed by atoms with Crippen LogP contribution in [-0.2, 0) is 14.3 Å². The van der Waals surface area contributed by atoms with Gasteiger partial charge in [0.25, 0.3) is 5.91 Å². The fourth-order valence-electron chi connectivity index (χ4n) is 2.63. The molecule has 1 heterocycles. The zero-order valence-electron chi connectivity index (χ0n) is 12.6. The molecule has 1 aromatic carbocycles. The SMILES string of the molecule is COC(C(=O)N1CCCN(C(C)=O)CC1)c1ccccc1. The third-order valence-corrected chi connectivity index (χ3v) is 3.82. The highest BCUT2D eigenvalue weighted by Gasteiger charge is 2.27. The number of ether oxygens (including phenoxy) is 1. The molecule has 1 aliphatic rings. The van der Waals surface area contributed by atoms with Gasteiger partial charge in [-0.1, -0.05) is 30.3 Å². The molecule has 1 saturated heterocycles. The highest BCUT2D eigenvalue weighted by Crippen LogP contribution is 2.20. The van der Waals surface area contributed by atoms with E-state index in [0.29, 0.717) is 26.2 Å². The number of rotatable bonds is 3. The molecule has 1 fully saturated rings. The first-order valence-corrected chi connectivity index (χ1v) is 7.25. The molecule has 21 heavy (non-hydrogen) atoms. The second kappa shape index (κ2) is 7.22. The average molecular weight is 290 g/mol. The van der Waals surface area contributed by atoms with E-state index >= 15 is 0 Å². The van der Waals surface area contributed by atoms with E-state index in [9.17, 15) is 9.59 Å². The smallest absolute Gasteiger partial charge is 0.256 e. The maximum Gasteiger partial charge on any atom is 0.256 e. The van der Waals surface area contributed by atoms with Gasteiger partial charge in [0, 0.05) is 40.2 Å². The summed E-state index contributed by atoms with van der Waals surface area (Å²) in [6, 6.07) is 9.50. The summed E-state index contributed by atoms with van der Waals surface area (Å²) in [7, 11) is 1.55. The maximum absolute atomic E-state index is 12.7. The minimum atomic E-state index is -0.574. The molecule has 1 unspecified atom stereocenters. The molecular formula is C16H22N2O3. The normalized spacial score (nSPS) is 17.2. The van der Waals surface area contributed by atoms with Crippen LogP contribution in [0.3, 0.4) is 0 Å². The van der Waals surface area contributed by atoms with Crippen molar-refractivity contribution in [3.63, 3.8) is 0 Å². The van der Waals surface area contributed by atoms with E-state index in [2.05, 4.69) is 0 Å². The van der Waals surface area contributed by atoms with Crippen molar-refractivity contribution in [1.29, 1.82) is 0 Å². The van der Waals surface area contributed by atoms with Crippen LogP contribution >= 0.6 is 0 Å². The highest BCUT2D eigenvalue weighted by atomic mass is 16.5. The first kappa shape index (κ1) is 15.5. The van der Waals surface area contributed by atoms with Crippen LogP contribution < -0.4 is 0 Å². The van der Waals surface area contributed by atoms with Crippen LogP contribution in [0.4, 0.5) is 0 Å². The van der Waals surface area contributed by atoms with Gasteiger partial charge in [0.1, 0.15) is 0 Å². The molecule has 0 aliphatic carbocycles. The van der Waals surface area contributed by atoms with Crippen LogP contribution in [0.1, 0.15) is 25.0 Å². The number of carbonyl (C=O) groups excluding carboxylic acids is 2. The molecule has 5 heteroatoms. The molecule has 1 atom stereocenters. The van der Waals surface area contributed by atoms with E-state index in [-0.39, 0.29) is 11.8 Å². The molecule has 0 bridgehead atoms. The summed E-state index contributed by atoms with van der Waals surface area (Å²) in [6.45, 7) is 4.09. The van der Waals surface area contributed by atoms with Gasteiger partial charge in [-0.3, -0.25) is 9.59 Å². The summed E-state index contributed by atoms with van der Waals surface area (Å²) < 4.78 is 5.39. The highest BCUT2D eigenvalue weighted by molar-refractivity contribution is 5.82. The van der Waals surface area contributed by atoms with E-state index in [1.54, 1.807) is 23.8 Å². The molecule has 0 N–H and O–H groups in total. The van der Waals surface area contributed by atoms with Gasteiger partial charge in [-0.15, -0.1) is 0 Å². The number of benzene rings is 1. The second-order valence-electron chi connectivity index (χ2n) is 5.21. The fourth-order valence-corrected chi connectivity index (χ4v) is 2.63. The number of amides is 2. The van der Waals surface area contributed by atoms with E-state index in [4.69, 9.17) is 4.74 Å². The van der Waals surface area contributed by atoms with E-state index in [1.165, 1.54) is 0 Å². The van der Waals surface area contributed by atoms with E-state index in [0.717, 1.165) is 12.0 Å². The summed E-state index contributed by atoms with van der Waals surface area (Å²) in [5.74, 6) is 0.0322. The standard InChI is InChI=1S/C16H22N2O3/c1-13(19)17-9-6-10-18(12-11-17)16(20)15(21-2)14-7-4-3-5-8-14/h3-5,7-8,15H,6,9-12H2,1-2H3. The Bertz CT molecular complexity index is 490. The minimum Gasteiger partial charge on any atom is -0.367 e. The number of carbonyl (C=O) groups is 2. The van der Waals surface area contributed by atoms with Gasteiger partial charge in [0.2, 0.25) is 5.91 Å². The Balaban J connectivity index is 2.06. The Kier molecular flexibility index (Phi) is 5.33. The zero-order chi connectivity index (χ0) is 15.2. The Morgan fingerprint density at radius 1 is 1.05 bits per heavy atom. The molecule has 114 valence electrons. The largest absolute Gasteiger partial charge is 0.367 e. The Hall–Kier alpha value is -1.88. The van der Waals surface area contributed by atoms with Crippen molar-refractivity contribution in [2.45, 2.75) is 19.4 Å². The molecule has 1 aliphatic heterocycles. The van der Waals surface area contributed by atoms with Gasteiger partial charge >= 0.3 is 0 Å². The monoisotopic (exact) mass is 290 g/mol. The maximum atomic E-state index is 12.7. The predicted molar refractivity (Wildman–Crippen MR) is 79.6 cm³/mol. The van der Waals surface area contributed by atoms with Crippen LogP contribution in [0.15, 0.2) is 30.3 Å². The van der Waals surface area contributed by atoms with Crippen molar-refractivity contribution in [2.75, 3.05) is 33.3 Å². The summed E-state index contributed by atoms with van der Waals surface area (Å²) in [6.07, 6.45) is 0.228. The van der Waals surface area contributed by atoms with Crippen LogP contribution in [-0.4, -0.2) is 54.9 Å². The van der Waals surface area contributed by atoms with Crippen molar-refractivity contribution < 1.29 is 14.3 Å². The van der Waals surface area contributed by atoms with Gasteiger partial charge < -0.3 is 14.5 Å². The van der Waals surface area contributed by atoms with Crippen LogP contribution in [0.5, 0.6) is 0 Å². The van der Waals surface area contributed by atoms with E-state index in [1.807, 2.05) is 30.3 Å². The Morgan fingerprint density at radius 2 is 1.67 bits per heavy atom. The predicted octanol–water partition coefficient (Wildman–Crippen LogP) is 1.45. The molecule has 2 amide bonds. The topological polar surface area (TPSA) is 49.9 Å². The Labute approximate surface area is 125 Å². The zero-order valence-corrected chi connectivity index (χ0v) is 12.6. The van der Waals surface area contributed by atoms with Crippen molar-refractivity contribution in [1.82, 2.24) is 9.80 Å². The summed E-state index contributed by atoms with van der Waals surface area (Å²) in [5.41, 5.74) is 0.859. The van der Waals surface area contributed by atoms with Gasteiger partial charge in [-0.05, 0) is 12.0 Å². The average Bonchev–Trinajstić information content (AvgIpc) is 2.75. The molecule has 5 nitrogen and oxygen atoms in total. The number of hydrogen-bond donors (Lipinski definition) is 0. The third kappa shape index (κ3) is 3.82. The summed E-state index contributed by atoms with van der Waals surface area (Å²) in [4.78, 5) is 27.7. The lowest BCUT2D eigenvalue weighted by Gasteiger charge is -2.25. The molecule has 0 spiro atoms. The van der Waals surface area contributed by atoms with Gasteiger partial charge in [0.05, 0.1) is 0 Å². The van der Waals surface area contributed by atoms with Crippen molar-refractivity contribution in [3.8, 4) is 0 Å². The molecule has 2 rings (SSSR count). The lowest BCUT2D eigenvalue weighted by molar-refractivity contribution is -0.142. The van der Waals surface area contributed by atoms with Gasteiger partial charge in [-0.25, -0.2) is 0 Å². The lowest BCUT2D eigenvalue weighted by Crippen LogP contribution is -2.39. The first-order chi connectivity index (χ1) is 10.1. The lowest BCUT2D eigenvalue weighted by atomic mass is 10.1. The molecular weight excluding hydrogens is 268 g/mol. The molecule has 0 radical (unpaired) electrons. The number of methoxy groups -OCH3 is 1. The molecule has 0 aromatic heterocycles. The van der Waals surface area contributed by atoms with Crippen LogP contribution in [0.2, 0.25) is 0 Å². The number of nitrogens with zero attached hydrogens (tertiary/aromatic N) is 2. The third-order valence-electron chi connectivity index (χ3n) is 3.82. The number of hydrogen-bond acceptors (Lipinski definition) is 3. The van der Waals surface area contributed by atoms with E-state index < -0.39 is 6.10 Å². The van der Waals surface area contributed by atoms with Crippen LogP contribution in [0, 0.1) is 0 Å².